The van der Waals surface area contributed by atoms with Gasteiger partial charge in [0, 0.05) is 20.1 Å². The van der Waals surface area contributed by atoms with E-state index in [4.69, 9.17) is 4.74 Å². The molecule has 0 unspecified atom stereocenters. The maximum Gasteiger partial charge on any atom is 0.247 e. The molecule has 2 amide bonds. The first kappa shape index (κ1) is 16.2. The van der Waals surface area contributed by atoms with Crippen LogP contribution in [0.4, 0.5) is 0 Å². The minimum Gasteiger partial charge on any atom is -0.378 e. The van der Waals surface area contributed by atoms with Gasteiger partial charge >= 0.3 is 0 Å². The molecule has 1 N–H and O–H groups in total. The molecule has 2 aliphatic rings. The Morgan fingerprint density at radius 3 is 2.67 bits per heavy atom. The second-order valence-corrected chi connectivity index (χ2v) is 6.40. The summed E-state index contributed by atoms with van der Waals surface area (Å²) in [4.78, 5) is 27.9. The van der Waals surface area contributed by atoms with Gasteiger partial charge in [0.05, 0.1) is 19.1 Å². The third kappa shape index (κ3) is 3.74. The summed E-state index contributed by atoms with van der Waals surface area (Å²) in [6, 6.07) is 0. The van der Waals surface area contributed by atoms with Crippen LogP contribution in [-0.2, 0) is 14.3 Å². The van der Waals surface area contributed by atoms with Crippen molar-refractivity contribution in [2.24, 2.45) is 0 Å². The Hall–Kier alpha value is -1.14. The van der Waals surface area contributed by atoms with Crippen LogP contribution in [0.2, 0.25) is 0 Å². The highest BCUT2D eigenvalue weighted by atomic mass is 16.5. The topological polar surface area (TPSA) is 61.9 Å². The van der Waals surface area contributed by atoms with Gasteiger partial charge in [-0.05, 0) is 39.8 Å². The number of nitrogens with zero attached hydrogens (tertiary/aromatic N) is 2. The van der Waals surface area contributed by atoms with Gasteiger partial charge < -0.3 is 19.9 Å². The zero-order valence-electron chi connectivity index (χ0n) is 13.4. The lowest BCUT2D eigenvalue weighted by atomic mass is 9.97. The lowest BCUT2D eigenvalue weighted by Gasteiger charge is -2.44. The molecule has 2 rings (SSSR count). The van der Waals surface area contributed by atoms with Gasteiger partial charge in [0.2, 0.25) is 11.8 Å². The molecule has 2 saturated heterocycles. The fraction of sp³-hybridized carbons (Fsp3) is 0.867. The second kappa shape index (κ2) is 6.75. The van der Waals surface area contributed by atoms with Crippen molar-refractivity contribution in [3.8, 4) is 0 Å². The lowest BCUT2D eigenvalue weighted by molar-refractivity contribution is -0.158. The van der Waals surface area contributed by atoms with Gasteiger partial charge in [-0.25, -0.2) is 0 Å². The number of hydrogen-bond acceptors (Lipinski definition) is 4. The first-order valence-electron chi connectivity index (χ1n) is 7.81. The number of ether oxygens (including phenoxy) is 1. The van der Waals surface area contributed by atoms with Gasteiger partial charge in [-0.2, -0.15) is 0 Å². The van der Waals surface area contributed by atoms with Crippen LogP contribution in [0, 0.1) is 0 Å². The predicted octanol–water partition coefficient (Wildman–Crippen LogP) is 0.224. The van der Waals surface area contributed by atoms with E-state index < -0.39 is 5.54 Å². The molecular weight excluding hydrogens is 270 g/mol. The van der Waals surface area contributed by atoms with Crippen molar-refractivity contribution >= 4 is 11.8 Å². The molecule has 0 aliphatic carbocycles. The number of carbonyl (C=O) groups excluding carboxylic acids is 2. The van der Waals surface area contributed by atoms with Crippen molar-refractivity contribution < 1.29 is 14.3 Å². The largest absolute Gasteiger partial charge is 0.378 e. The van der Waals surface area contributed by atoms with Gasteiger partial charge in [-0.3, -0.25) is 9.59 Å². The molecule has 2 aliphatic heterocycles. The number of likely N-dealkylation sites (N-methyl/N-ethyl adjacent to an activating group) is 1. The summed E-state index contributed by atoms with van der Waals surface area (Å²) in [7, 11) is 1.78. The Morgan fingerprint density at radius 1 is 1.33 bits per heavy atom. The average molecular weight is 297 g/mol. The van der Waals surface area contributed by atoms with E-state index in [1.54, 1.807) is 16.8 Å². The van der Waals surface area contributed by atoms with E-state index in [-0.39, 0.29) is 17.9 Å². The summed E-state index contributed by atoms with van der Waals surface area (Å²) in [6.07, 6.45) is 2.63. The molecule has 0 saturated carbocycles. The van der Waals surface area contributed by atoms with Crippen LogP contribution in [0.15, 0.2) is 0 Å². The van der Waals surface area contributed by atoms with Crippen LogP contribution in [0.25, 0.3) is 0 Å². The maximum atomic E-state index is 12.4. The minimum atomic E-state index is -0.751. The Labute approximate surface area is 126 Å². The van der Waals surface area contributed by atoms with Crippen molar-refractivity contribution in [1.82, 2.24) is 15.1 Å². The summed E-state index contributed by atoms with van der Waals surface area (Å²) in [5.41, 5.74) is -0.751. The van der Waals surface area contributed by atoms with E-state index in [0.717, 1.165) is 25.9 Å². The van der Waals surface area contributed by atoms with Gasteiger partial charge in [-0.1, -0.05) is 0 Å². The van der Waals surface area contributed by atoms with Crippen LogP contribution in [0.3, 0.4) is 0 Å². The van der Waals surface area contributed by atoms with Crippen molar-refractivity contribution in [2.75, 3.05) is 39.8 Å². The normalized spacial score (nSPS) is 23.5. The number of piperidine rings is 1. The van der Waals surface area contributed by atoms with Crippen molar-refractivity contribution in [2.45, 2.75) is 44.8 Å². The molecule has 0 aromatic carbocycles. The third-order valence-electron chi connectivity index (χ3n) is 4.46. The molecule has 6 heteroatoms. The van der Waals surface area contributed by atoms with Crippen LogP contribution >= 0.6 is 0 Å². The SMILES string of the molecule is CN1CCN(C(=O)CCOC2CCNCC2)C(C)(C)C1=O. The van der Waals surface area contributed by atoms with E-state index in [0.29, 0.717) is 26.1 Å². The maximum absolute atomic E-state index is 12.4. The van der Waals surface area contributed by atoms with Crippen LogP contribution < -0.4 is 5.32 Å². The highest BCUT2D eigenvalue weighted by molar-refractivity contribution is 5.91. The molecule has 2 heterocycles. The molecule has 0 aromatic rings. The van der Waals surface area contributed by atoms with Crippen LogP contribution in [0.5, 0.6) is 0 Å². The predicted molar refractivity (Wildman–Crippen MR) is 79.9 cm³/mol. The number of carbonyl (C=O) groups is 2. The smallest absolute Gasteiger partial charge is 0.247 e. The van der Waals surface area contributed by atoms with Crippen LogP contribution in [-0.4, -0.2) is 73.1 Å². The summed E-state index contributed by atoms with van der Waals surface area (Å²) in [6.45, 7) is 7.25. The molecule has 2 fully saturated rings. The van der Waals surface area contributed by atoms with Crippen molar-refractivity contribution in [1.29, 1.82) is 0 Å². The second-order valence-electron chi connectivity index (χ2n) is 6.40. The molecular formula is C15H27N3O3. The number of rotatable bonds is 4. The Balaban J connectivity index is 1.81. The summed E-state index contributed by atoms with van der Waals surface area (Å²) < 4.78 is 5.78. The standard InChI is InChI=1S/C15H27N3O3/c1-15(2)14(20)17(3)9-10-18(15)13(19)6-11-21-12-4-7-16-8-5-12/h12,16H,4-11H2,1-3H3. The molecule has 0 bridgehead atoms. The molecule has 21 heavy (non-hydrogen) atoms. The van der Waals surface area contributed by atoms with Gasteiger partial charge in [0.25, 0.3) is 0 Å². The number of nitrogens with one attached hydrogen (secondary N) is 1. The van der Waals surface area contributed by atoms with E-state index in [1.165, 1.54) is 0 Å². The fourth-order valence-corrected chi connectivity index (χ4v) is 3.06. The van der Waals surface area contributed by atoms with Crippen molar-refractivity contribution in [3.63, 3.8) is 0 Å². The molecule has 0 atom stereocenters. The quantitative estimate of drug-likeness (QED) is 0.806. The number of hydrogen-bond donors (Lipinski definition) is 1. The van der Waals surface area contributed by atoms with Crippen molar-refractivity contribution in [3.05, 3.63) is 0 Å². The number of piperazine rings is 1. The van der Waals surface area contributed by atoms with E-state index in [1.807, 2.05) is 13.8 Å². The van der Waals surface area contributed by atoms with E-state index >= 15 is 0 Å². The zero-order chi connectivity index (χ0) is 15.5. The molecule has 120 valence electrons. The molecule has 6 nitrogen and oxygen atoms in total. The summed E-state index contributed by atoms with van der Waals surface area (Å²) in [5.74, 6) is 0.0109. The summed E-state index contributed by atoms with van der Waals surface area (Å²) in [5, 5.41) is 3.29. The first-order chi connectivity index (χ1) is 9.93. The Kier molecular flexibility index (Phi) is 5.22. The van der Waals surface area contributed by atoms with Crippen LogP contribution in [0.1, 0.15) is 33.1 Å². The van der Waals surface area contributed by atoms with Gasteiger partial charge in [-0.15, -0.1) is 0 Å². The number of amides is 2. The zero-order valence-corrected chi connectivity index (χ0v) is 13.4. The molecule has 0 spiro atoms. The monoisotopic (exact) mass is 297 g/mol. The van der Waals surface area contributed by atoms with E-state index in [9.17, 15) is 9.59 Å². The molecule has 0 radical (unpaired) electrons. The third-order valence-corrected chi connectivity index (χ3v) is 4.46. The molecule has 0 aromatic heterocycles. The minimum absolute atomic E-state index is 0.00127. The highest BCUT2D eigenvalue weighted by Crippen LogP contribution is 2.22. The highest BCUT2D eigenvalue weighted by Gasteiger charge is 2.42. The van der Waals surface area contributed by atoms with Gasteiger partial charge in [0.1, 0.15) is 5.54 Å². The fourth-order valence-electron chi connectivity index (χ4n) is 3.06. The Bertz CT molecular complexity index is 392. The summed E-state index contributed by atoms with van der Waals surface area (Å²) >= 11 is 0. The lowest BCUT2D eigenvalue weighted by Crippen LogP contribution is -2.63. The van der Waals surface area contributed by atoms with Gasteiger partial charge in [0.15, 0.2) is 0 Å². The average Bonchev–Trinajstić information content (AvgIpc) is 2.46. The van der Waals surface area contributed by atoms with E-state index in [2.05, 4.69) is 5.32 Å². The Morgan fingerprint density at radius 2 is 2.00 bits per heavy atom. The first-order valence-corrected chi connectivity index (χ1v) is 7.81.